The van der Waals surface area contributed by atoms with E-state index in [4.69, 9.17) is 22.1 Å². The number of tetrazole rings is 1. The maximum absolute atomic E-state index is 6.00. The van der Waals surface area contributed by atoms with Gasteiger partial charge in [-0.15, -0.1) is 5.10 Å². The summed E-state index contributed by atoms with van der Waals surface area (Å²) in [6.45, 7) is 2.29. The van der Waals surface area contributed by atoms with Crippen LogP contribution in [0.1, 0.15) is 6.42 Å². The Morgan fingerprint density at radius 3 is 3.16 bits per heavy atom. The Morgan fingerprint density at radius 1 is 1.47 bits per heavy atom. The Balaban J connectivity index is 1.92. The van der Waals surface area contributed by atoms with E-state index in [1.165, 1.54) is 0 Å². The molecule has 100 valence electrons. The van der Waals surface area contributed by atoms with Gasteiger partial charge in [0.05, 0.1) is 13.2 Å². The van der Waals surface area contributed by atoms with Crippen LogP contribution >= 0.6 is 11.6 Å². The number of anilines is 1. The van der Waals surface area contributed by atoms with E-state index in [2.05, 4.69) is 15.5 Å². The molecule has 19 heavy (non-hydrogen) atoms. The van der Waals surface area contributed by atoms with E-state index in [0.717, 1.165) is 31.7 Å². The Hall–Kier alpha value is -1.66. The zero-order valence-corrected chi connectivity index (χ0v) is 11.0. The van der Waals surface area contributed by atoms with Crippen LogP contribution in [0.25, 0.3) is 11.4 Å². The molecule has 1 saturated heterocycles. The molecule has 0 bridgehead atoms. The van der Waals surface area contributed by atoms with Gasteiger partial charge >= 0.3 is 0 Å². The van der Waals surface area contributed by atoms with E-state index in [1.54, 1.807) is 22.9 Å². The van der Waals surface area contributed by atoms with Crippen LogP contribution in [0.15, 0.2) is 18.2 Å². The van der Waals surface area contributed by atoms with E-state index >= 15 is 0 Å². The molecule has 1 fully saturated rings. The second-order valence-electron chi connectivity index (χ2n) is 4.65. The fourth-order valence-corrected chi connectivity index (χ4v) is 2.39. The second-order valence-corrected chi connectivity index (χ2v) is 5.08. The maximum atomic E-state index is 6.00. The van der Waals surface area contributed by atoms with Gasteiger partial charge in [0.1, 0.15) is 0 Å². The summed E-state index contributed by atoms with van der Waals surface area (Å²) < 4.78 is 7.13. The van der Waals surface area contributed by atoms with Crippen LogP contribution in [0, 0.1) is 5.92 Å². The van der Waals surface area contributed by atoms with Crippen LogP contribution in [-0.4, -0.2) is 33.4 Å². The summed E-state index contributed by atoms with van der Waals surface area (Å²) >= 11 is 6.00. The molecule has 1 aromatic carbocycles. The van der Waals surface area contributed by atoms with Gasteiger partial charge in [0, 0.05) is 28.8 Å². The minimum absolute atomic E-state index is 0.447. The Bertz CT molecular complexity index is 579. The molecule has 1 atom stereocenters. The number of nitrogens with two attached hydrogens (primary N) is 1. The molecule has 6 nitrogen and oxygen atoms in total. The summed E-state index contributed by atoms with van der Waals surface area (Å²) in [6.07, 6.45) is 1.03. The fraction of sp³-hybridized carbons (Fsp3) is 0.417. The molecule has 7 heteroatoms. The van der Waals surface area contributed by atoms with Crippen LogP contribution in [-0.2, 0) is 11.3 Å². The number of hydrogen-bond acceptors (Lipinski definition) is 5. The van der Waals surface area contributed by atoms with Crippen molar-refractivity contribution in [3.8, 4) is 11.4 Å². The third-order valence-corrected chi connectivity index (χ3v) is 3.48. The SMILES string of the molecule is Nc1ccc(Cl)cc1-c1nnnn1CC1CCOC1. The smallest absolute Gasteiger partial charge is 0.184 e. The summed E-state index contributed by atoms with van der Waals surface area (Å²) in [6, 6.07) is 5.29. The number of ether oxygens (including phenoxy) is 1. The van der Waals surface area contributed by atoms with Crippen LogP contribution in [0.2, 0.25) is 5.02 Å². The largest absolute Gasteiger partial charge is 0.398 e. The minimum atomic E-state index is 0.447. The molecule has 0 aliphatic carbocycles. The topological polar surface area (TPSA) is 78.9 Å². The fourth-order valence-electron chi connectivity index (χ4n) is 2.21. The number of nitrogen functional groups attached to an aromatic ring is 1. The molecule has 1 unspecified atom stereocenters. The number of rotatable bonds is 3. The van der Waals surface area contributed by atoms with Crippen molar-refractivity contribution < 1.29 is 4.74 Å². The predicted molar refractivity (Wildman–Crippen MR) is 71.6 cm³/mol. The van der Waals surface area contributed by atoms with Gasteiger partial charge in [-0.2, -0.15) is 0 Å². The van der Waals surface area contributed by atoms with Crippen molar-refractivity contribution in [2.75, 3.05) is 18.9 Å². The Kier molecular flexibility index (Phi) is 3.35. The van der Waals surface area contributed by atoms with Crippen molar-refractivity contribution in [3.05, 3.63) is 23.2 Å². The quantitative estimate of drug-likeness (QED) is 0.864. The normalized spacial score (nSPS) is 18.9. The highest BCUT2D eigenvalue weighted by atomic mass is 35.5. The van der Waals surface area contributed by atoms with Crippen LogP contribution in [0.5, 0.6) is 0 Å². The average Bonchev–Trinajstić information content (AvgIpc) is 3.04. The summed E-state index contributed by atoms with van der Waals surface area (Å²) in [4.78, 5) is 0. The molecule has 1 aromatic heterocycles. The molecule has 1 aliphatic heterocycles. The molecule has 3 rings (SSSR count). The number of halogens is 1. The predicted octanol–water partition coefficient (Wildman–Crippen LogP) is 1.61. The zero-order chi connectivity index (χ0) is 13.2. The van der Waals surface area contributed by atoms with Crippen LogP contribution < -0.4 is 5.73 Å². The van der Waals surface area contributed by atoms with Crippen LogP contribution in [0.3, 0.4) is 0 Å². The standard InChI is InChI=1S/C12H14ClN5O/c13-9-1-2-11(14)10(5-9)12-15-16-17-18(12)6-8-3-4-19-7-8/h1-2,5,8H,3-4,6-7,14H2. The second kappa shape index (κ2) is 5.14. The van der Waals surface area contributed by atoms with Gasteiger partial charge in [0.2, 0.25) is 0 Å². The molecular weight excluding hydrogens is 266 g/mol. The Labute approximate surface area is 115 Å². The van der Waals surface area contributed by atoms with Crippen molar-refractivity contribution in [1.29, 1.82) is 0 Å². The Morgan fingerprint density at radius 2 is 2.37 bits per heavy atom. The van der Waals surface area contributed by atoms with Gasteiger partial charge in [-0.1, -0.05) is 11.6 Å². The average molecular weight is 280 g/mol. The van der Waals surface area contributed by atoms with Crippen molar-refractivity contribution in [3.63, 3.8) is 0 Å². The zero-order valence-electron chi connectivity index (χ0n) is 10.3. The van der Waals surface area contributed by atoms with E-state index in [-0.39, 0.29) is 0 Å². The first-order chi connectivity index (χ1) is 9.24. The number of nitrogens with zero attached hydrogens (tertiary/aromatic N) is 4. The van der Waals surface area contributed by atoms with Gasteiger partial charge in [-0.05, 0) is 35.0 Å². The molecule has 0 saturated carbocycles. The van der Waals surface area contributed by atoms with Crippen LogP contribution in [0.4, 0.5) is 5.69 Å². The molecule has 2 N–H and O–H groups in total. The van der Waals surface area contributed by atoms with Gasteiger partial charge in [-0.25, -0.2) is 4.68 Å². The molecule has 2 heterocycles. The summed E-state index contributed by atoms with van der Waals surface area (Å²) in [5.74, 6) is 1.09. The monoisotopic (exact) mass is 279 g/mol. The molecule has 0 spiro atoms. The van der Waals surface area contributed by atoms with Gasteiger partial charge in [0.15, 0.2) is 5.82 Å². The lowest BCUT2D eigenvalue weighted by Gasteiger charge is -2.10. The lowest BCUT2D eigenvalue weighted by molar-refractivity contribution is 0.181. The van der Waals surface area contributed by atoms with Crippen molar-refractivity contribution >= 4 is 17.3 Å². The molecule has 0 amide bonds. The lowest BCUT2D eigenvalue weighted by atomic mass is 10.1. The van der Waals surface area contributed by atoms with E-state index < -0.39 is 0 Å². The number of aromatic nitrogens is 4. The van der Waals surface area contributed by atoms with Crippen molar-refractivity contribution in [2.45, 2.75) is 13.0 Å². The van der Waals surface area contributed by atoms with E-state index in [0.29, 0.717) is 22.5 Å². The number of benzene rings is 1. The first-order valence-corrected chi connectivity index (χ1v) is 6.51. The highest BCUT2D eigenvalue weighted by molar-refractivity contribution is 6.31. The summed E-state index contributed by atoms with van der Waals surface area (Å²) in [5, 5.41) is 12.4. The van der Waals surface area contributed by atoms with E-state index in [1.807, 2.05) is 0 Å². The first kappa shape index (κ1) is 12.4. The highest BCUT2D eigenvalue weighted by Gasteiger charge is 2.20. The highest BCUT2D eigenvalue weighted by Crippen LogP contribution is 2.27. The van der Waals surface area contributed by atoms with Gasteiger partial charge in [-0.3, -0.25) is 0 Å². The molecule has 0 radical (unpaired) electrons. The molecular formula is C12H14ClN5O. The first-order valence-electron chi connectivity index (χ1n) is 6.13. The van der Waals surface area contributed by atoms with Gasteiger partial charge in [0.25, 0.3) is 0 Å². The maximum Gasteiger partial charge on any atom is 0.184 e. The van der Waals surface area contributed by atoms with Crippen molar-refractivity contribution in [2.24, 2.45) is 5.92 Å². The third-order valence-electron chi connectivity index (χ3n) is 3.24. The number of hydrogen-bond donors (Lipinski definition) is 1. The summed E-state index contributed by atoms with van der Waals surface area (Å²) in [5.41, 5.74) is 7.34. The van der Waals surface area contributed by atoms with Crippen molar-refractivity contribution in [1.82, 2.24) is 20.2 Å². The third kappa shape index (κ3) is 2.54. The molecule has 1 aliphatic rings. The summed E-state index contributed by atoms with van der Waals surface area (Å²) in [7, 11) is 0. The minimum Gasteiger partial charge on any atom is -0.398 e. The molecule has 2 aromatic rings. The van der Waals surface area contributed by atoms with Gasteiger partial charge < -0.3 is 10.5 Å². The lowest BCUT2D eigenvalue weighted by Crippen LogP contribution is -2.13. The van der Waals surface area contributed by atoms with E-state index in [9.17, 15) is 0 Å².